The molecule has 8 nitrogen and oxygen atoms in total. The van der Waals surface area contributed by atoms with Crippen molar-refractivity contribution in [3.05, 3.63) is 40.3 Å². The lowest BCUT2D eigenvalue weighted by Gasteiger charge is -2.28. The van der Waals surface area contributed by atoms with Gasteiger partial charge in [0.2, 0.25) is 0 Å². The predicted octanol–water partition coefficient (Wildman–Crippen LogP) is 4.21. The van der Waals surface area contributed by atoms with E-state index in [0.717, 1.165) is 47.8 Å². The van der Waals surface area contributed by atoms with E-state index >= 15 is 0 Å². The number of hydrogen-bond donors (Lipinski definition) is 2. The first-order valence-corrected chi connectivity index (χ1v) is 11.0. The molecule has 30 heavy (non-hydrogen) atoms. The Labute approximate surface area is 185 Å². The van der Waals surface area contributed by atoms with Gasteiger partial charge in [-0.1, -0.05) is 29.5 Å². The fourth-order valence-electron chi connectivity index (χ4n) is 3.11. The van der Waals surface area contributed by atoms with Gasteiger partial charge >= 0.3 is 6.03 Å². The molecule has 3 heterocycles. The highest BCUT2D eigenvalue weighted by Gasteiger charge is 2.22. The molecule has 1 aliphatic heterocycles. The van der Waals surface area contributed by atoms with Crippen molar-refractivity contribution < 1.29 is 14.3 Å². The summed E-state index contributed by atoms with van der Waals surface area (Å²) >= 11 is 7.51. The number of fused-ring (bicyclic) bond motifs is 1. The van der Waals surface area contributed by atoms with Gasteiger partial charge in [-0.3, -0.25) is 5.32 Å². The third-order valence-electron chi connectivity index (χ3n) is 4.60. The third kappa shape index (κ3) is 5.76. The molecule has 2 aromatic rings. The maximum absolute atomic E-state index is 12.1. The average molecular weight is 452 g/mol. The highest BCUT2D eigenvalue weighted by Crippen LogP contribution is 2.33. The SMILES string of the molecule is C=C(CCCNC(=O)Nc1nc2c(s1)CN(c1cnc(Cl)c(OC)c1)CC2)OCC. The van der Waals surface area contributed by atoms with Crippen LogP contribution in [0.2, 0.25) is 5.15 Å². The van der Waals surface area contributed by atoms with E-state index in [9.17, 15) is 4.79 Å². The quantitative estimate of drug-likeness (QED) is 0.337. The molecule has 10 heteroatoms. The van der Waals surface area contributed by atoms with Crippen LogP contribution in [-0.2, 0) is 17.7 Å². The number of hydrogen-bond acceptors (Lipinski definition) is 7. The molecule has 0 aliphatic carbocycles. The van der Waals surface area contributed by atoms with Crippen molar-refractivity contribution in [3.8, 4) is 5.75 Å². The average Bonchev–Trinajstić information content (AvgIpc) is 3.13. The molecule has 2 N–H and O–H groups in total. The van der Waals surface area contributed by atoms with E-state index in [4.69, 9.17) is 21.1 Å². The zero-order chi connectivity index (χ0) is 21.5. The van der Waals surface area contributed by atoms with Crippen LogP contribution in [-0.4, -0.2) is 42.8 Å². The number of anilines is 2. The molecule has 1 aliphatic rings. The molecule has 0 unspecified atom stereocenters. The van der Waals surface area contributed by atoms with Crippen molar-refractivity contribution in [3.63, 3.8) is 0 Å². The van der Waals surface area contributed by atoms with Crippen LogP contribution in [0.3, 0.4) is 0 Å². The maximum atomic E-state index is 12.1. The number of rotatable bonds is 9. The highest BCUT2D eigenvalue weighted by atomic mass is 35.5. The van der Waals surface area contributed by atoms with Crippen LogP contribution in [0.1, 0.15) is 30.3 Å². The molecular weight excluding hydrogens is 426 g/mol. The minimum absolute atomic E-state index is 0.258. The van der Waals surface area contributed by atoms with Crippen molar-refractivity contribution in [2.24, 2.45) is 0 Å². The number of nitrogens with one attached hydrogen (secondary N) is 2. The van der Waals surface area contributed by atoms with Gasteiger partial charge in [0.15, 0.2) is 16.0 Å². The van der Waals surface area contributed by atoms with Gasteiger partial charge in [0.1, 0.15) is 0 Å². The normalized spacial score (nSPS) is 12.8. The van der Waals surface area contributed by atoms with Crippen LogP contribution in [0.25, 0.3) is 0 Å². The number of halogens is 1. The lowest BCUT2D eigenvalue weighted by molar-refractivity contribution is 0.218. The molecular formula is C20H26ClN5O3S. The number of thiazole rings is 1. The van der Waals surface area contributed by atoms with Gasteiger partial charge in [-0.15, -0.1) is 0 Å². The summed E-state index contributed by atoms with van der Waals surface area (Å²) in [5, 5.41) is 6.61. The summed E-state index contributed by atoms with van der Waals surface area (Å²) in [4.78, 5) is 24.2. The zero-order valence-electron chi connectivity index (χ0n) is 17.2. The molecule has 162 valence electrons. The Bertz CT molecular complexity index is 905. The molecule has 0 saturated carbocycles. The number of aromatic nitrogens is 2. The number of methoxy groups -OCH3 is 1. The monoisotopic (exact) mass is 451 g/mol. The summed E-state index contributed by atoms with van der Waals surface area (Å²) in [5.41, 5.74) is 1.96. The van der Waals surface area contributed by atoms with Crippen LogP contribution in [0.5, 0.6) is 5.75 Å². The van der Waals surface area contributed by atoms with Crippen molar-refractivity contribution in [2.75, 3.05) is 37.0 Å². The second-order valence-corrected chi connectivity index (χ2v) is 8.14. The van der Waals surface area contributed by atoms with Gasteiger partial charge in [0.05, 0.1) is 43.6 Å². The Morgan fingerprint density at radius 2 is 2.30 bits per heavy atom. The lowest BCUT2D eigenvalue weighted by atomic mass is 10.1. The standard InChI is InChI=1S/C20H26ClN5O3S/c1-4-29-13(2)6-5-8-22-19(27)25-20-24-15-7-9-26(12-17(15)30-20)14-10-16(28-3)18(21)23-11-14/h10-11H,2,4-9,12H2,1,3H3,(H2,22,24,25,27). The van der Waals surface area contributed by atoms with Gasteiger partial charge in [-0.25, -0.2) is 14.8 Å². The van der Waals surface area contributed by atoms with Gasteiger partial charge < -0.3 is 19.7 Å². The van der Waals surface area contributed by atoms with Crippen molar-refractivity contribution >= 4 is 39.8 Å². The van der Waals surface area contributed by atoms with Gasteiger partial charge in [0, 0.05) is 36.9 Å². The Morgan fingerprint density at radius 3 is 3.07 bits per heavy atom. The molecule has 0 saturated heterocycles. The molecule has 2 aromatic heterocycles. The smallest absolute Gasteiger partial charge is 0.321 e. The van der Waals surface area contributed by atoms with Crippen molar-refractivity contribution in [2.45, 2.75) is 32.7 Å². The number of nitrogens with zero attached hydrogens (tertiary/aromatic N) is 3. The summed E-state index contributed by atoms with van der Waals surface area (Å²) in [5.74, 6) is 1.29. The van der Waals surface area contributed by atoms with E-state index < -0.39 is 0 Å². The van der Waals surface area contributed by atoms with E-state index in [1.165, 1.54) is 11.3 Å². The fourth-order valence-corrected chi connectivity index (χ4v) is 4.31. The van der Waals surface area contributed by atoms with Crippen LogP contribution in [0, 0.1) is 0 Å². The van der Waals surface area contributed by atoms with Crippen LogP contribution >= 0.6 is 22.9 Å². The largest absolute Gasteiger partial charge is 0.499 e. The van der Waals surface area contributed by atoms with Gasteiger partial charge in [-0.2, -0.15) is 0 Å². The number of urea groups is 1. The number of carbonyl (C=O) groups excluding carboxylic acids is 1. The minimum atomic E-state index is -0.258. The number of amides is 2. The first-order valence-electron chi connectivity index (χ1n) is 9.78. The number of carbonyl (C=O) groups is 1. The summed E-state index contributed by atoms with van der Waals surface area (Å²) in [6, 6.07) is 1.63. The van der Waals surface area contributed by atoms with E-state index in [1.807, 2.05) is 13.0 Å². The van der Waals surface area contributed by atoms with Gasteiger partial charge in [0.25, 0.3) is 0 Å². The van der Waals surface area contributed by atoms with E-state index in [-0.39, 0.29) is 6.03 Å². The zero-order valence-corrected chi connectivity index (χ0v) is 18.7. The third-order valence-corrected chi connectivity index (χ3v) is 5.88. The Balaban J connectivity index is 1.52. The van der Waals surface area contributed by atoms with E-state index in [2.05, 4.69) is 32.1 Å². The van der Waals surface area contributed by atoms with Crippen LogP contribution < -0.4 is 20.3 Å². The Kier molecular flexibility index (Phi) is 7.75. The highest BCUT2D eigenvalue weighted by molar-refractivity contribution is 7.15. The maximum Gasteiger partial charge on any atom is 0.321 e. The summed E-state index contributed by atoms with van der Waals surface area (Å²) in [7, 11) is 1.57. The first kappa shape index (κ1) is 22.2. The second-order valence-electron chi connectivity index (χ2n) is 6.70. The number of ether oxygens (including phenoxy) is 2. The number of pyridine rings is 1. The first-order chi connectivity index (χ1) is 14.5. The van der Waals surface area contributed by atoms with E-state index in [0.29, 0.717) is 35.7 Å². The van der Waals surface area contributed by atoms with Gasteiger partial charge in [-0.05, 0) is 13.3 Å². The molecule has 0 bridgehead atoms. The minimum Gasteiger partial charge on any atom is -0.499 e. The molecule has 0 atom stereocenters. The summed E-state index contributed by atoms with van der Waals surface area (Å²) in [6.45, 7) is 8.41. The van der Waals surface area contributed by atoms with Crippen molar-refractivity contribution in [1.82, 2.24) is 15.3 Å². The topological polar surface area (TPSA) is 88.6 Å². The molecule has 3 rings (SSSR count). The molecule has 0 fully saturated rings. The summed E-state index contributed by atoms with van der Waals surface area (Å²) in [6.07, 6.45) is 4.03. The predicted molar refractivity (Wildman–Crippen MR) is 120 cm³/mol. The molecule has 2 amide bonds. The lowest BCUT2D eigenvalue weighted by Crippen LogP contribution is -2.30. The molecule has 0 spiro atoms. The Hall–Kier alpha value is -2.52. The van der Waals surface area contributed by atoms with E-state index in [1.54, 1.807) is 13.3 Å². The number of allylic oxidation sites excluding steroid dienone is 1. The van der Waals surface area contributed by atoms with Crippen LogP contribution in [0.4, 0.5) is 15.6 Å². The molecule has 0 aromatic carbocycles. The van der Waals surface area contributed by atoms with Crippen LogP contribution in [0.15, 0.2) is 24.6 Å². The summed E-state index contributed by atoms with van der Waals surface area (Å²) < 4.78 is 10.6. The molecule has 0 radical (unpaired) electrons. The fraction of sp³-hybridized carbons (Fsp3) is 0.450. The Morgan fingerprint density at radius 1 is 1.47 bits per heavy atom. The van der Waals surface area contributed by atoms with Crippen molar-refractivity contribution in [1.29, 1.82) is 0 Å². The second kappa shape index (κ2) is 10.5.